The number of nitrogens with zero attached hydrogens (tertiary/aromatic N) is 2. The van der Waals surface area contributed by atoms with E-state index in [1.165, 1.54) is 16.5 Å². The molecule has 0 aliphatic rings. The number of rotatable bonds is 4. The standard InChI is InChI=1S/C40H29N2O/c1-26-17-20-32-33-23-30(31-24-34(27-11-5-3-6-12-27)41-35(25-31)28-13-7-4-8-14-28)19-22-38(33)43-40(32)39(26)37-21-18-29-15-9-10-16-36(29)42(37)2/h3-25H,1-2H3/q+1. The molecule has 0 N–H and O–H groups in total. The van der Waals surface area contributed by atoms with E-state index < -0.39 is 0 Å². The molecule has 0 saturated carbocycles. The van der Waals surface area contributed by atoms with E-state index in [-0.39, 0.29) is 0 Å². The maximum absolute atomic E-state index is 6.64. The van der Waals surface area contributed by atoms with Gasteiger partial charge in [0.25, 0.3) is 0 Å². The molecule has 3 heteroatoms. The highest BCUT2D eigenvalue weighted by Crippen LogP contribution is 2.39. The van der Waals surface area contributed by atoms with Gasteiger partial charge in [0, 0.05) is 39.4 Å². The molecule has 0 unspecified atom stereocenters. The third kappa shape index (κ3) is 4.29. The first-order chi connectivity index (χ1) is 21.1. The fourth-order valence-electron chi connectivity index (χ4n) is 6.24. The molecule has 0 atom stereocenters. The van der Waals surface area contributed by atoms with Crippen LogP contribution in [0, 0.1) is 6.92 Å². The van der Waals surface area contributed by atoms with E-state index in [2.05, 4.69) is 146 Å². The Morgan fingerprint density at radius 1 is 0.558 bits per heavy atom. The van der Waals surface area contributed by atoms with Crippen LogP contribution in [-0.2, 0) is 7.05 Å². The summed E-state index contributed by atoms with van der Waals surface area (Å²) in [5.41, 5.74) is 12.8. The summed E-state index contributed by atoms with van der Waals surface area (Å²) in [5.74, 6) is 0. The Balaban J connectivity index is 1.32. The maximum Gasteiger partial charge on any atom is 0.216 e. The fourth-order valence-corrected chi connectivity index (χ4v) is 6.24. The van der Waals surface area contributed by atoms with Crippen LogP contribution in [0.1, 0.15) is 5.56 Å². The Kier molecular flexibility index (Phi) is 5.90. The van der Waals surface area contributed by atoms with Gasteiger partial charge in [0.15, 0.2) is 0 Å². The SMILES string of the molecule is Cc1ccc2c(oc3ccc(-c4cc(-c5ccccc5)nc(-c5ccccc5)c4)cc32)c1-c1ccc2ccccc2[n+]1C. The van der Waals surface area contributed by atoms with Gasteiger partial charge in [-0.25, -0.2) is 4.98 Å². The Bertz CT molecular complexity index is 2240. The molecule has 8 aromatic rings. The molecule has 0 radical (unpaired) electrons. The molecule has 3 aromatic heterocycles. The monoisotopic (exact) mass is 553 g/mol. The second-order valence-corrected chi connectivity index (χ2v) is 11.1. The maximum atomic E-state index is 6.64. The van der Waals surface area contributed by atoms with Gasteiger partial charge in [0.05, 0.1) is 17.0 Å². The van der Waals surface area contributed by atoms with Gasteiger partial charge in [-0.15, -0.1) is 0 Å². The average Bonchev–Trinajstić information content (AvgIpc) is 3.44. The van der Waals surface area contributed by atoms with E-state index in [0.717, 1.165) is 66.8 Å². The Morgan fingerprint density at radius 2 is 1.23 bits per heavy atom. The highest BCUT2D eigenvalue weighted by molar-refractivity contribution is 6.11. The van der Waals surface area contributed by atoms with Gasteiger partial charge in [-0.05, 0) is 60.0 Å². The molecule has 0 saturated heterocycles. The largest absolute Gasteiger partial charge is 0.455 e. The molecule has 0 spiro atoms. The number of hydrogen-bond donors (Lipinski definition) is 0. The first-order valence-corrected chi connectivity index (χ1v) is 14.6. The third-order valence-electron chi connectivity index (χ3n) is 8.48. The molecule has 3 heterocycles. The normalized spacial score (nSPS) is 11.5. The predicted molar refractivity (Wildman–Crippen MR) is 177 cm³/mol. The zero-order valence-corrected chi connectivity index (χ0v) is 24.1. The lowest BCUT2D eigenvalue weighted by molar-refractivity contribution is -0.633. The number of aryl methyl sites for hydroxylation is 2. The summed E-state index contributed by atoms with van der Waals surface area (Å²) in [6.45, 7) is 2.16. The van der Waals surface area contributed by atoms with Crippen LogP contribution < -0.4 is 4.57 Å². The van der Waals surface area contributed by atoms with Gasteiger partial charge >= 0.3 is 0 Å². The van der Waals surface area contributed by atoms with Crippen molar-refractivity contribution in [1.82, 2.24) is 4.98 Å². The molecule has 0 fully saturated rings. The molecular weight excluding hydrogens is 524 g/mol. The Labute approximate surface area is 250 Å². The first-order valence-electron chi connectivity index (χ1n) is 14.6. The van der Waals surface area contributed by atoms with Crippen molar-refractivity contribution in [2.45, 2.75) is 6.92 Å². The second kappa shape index (κ2) is 10.1. The fraction of sp³-hybridized carbons (Fsp3) is 0.0500. The summed E-state index contributed by atoms with van der Waals surface area (Å²) >= 11 is 0. The van der Waals surface area contributed by atoms with Crippen LogP contribution in [0.4, 0.5) is 0 Å². The van der Waals surface area contributed by atoms with Gasteiger partial charge < -0.3 is 4.42 Å². The van der Waals surface area contributed by atoms with Crippen molar-refractivity contribution in [3.8, 4) is 44.9 Å². The first kappa shape index (κ1) is 25.2. The Morgan fingerprint density at radius 3 is 1.95 bits per heavy atom. The van der Waals surface area contributed by atoms with Crippen molar-refractivity contribution >= 4 is 32.8 Å². The number of benzene rings is 5. The molecule has 8 rings (SSSR count). The zero-order valence-electron chi connectivity index (χ0n) is 24.1. The van der Waals surface area contributed by atoms with Crippen LogP contribution in [0.15, 0.2) is 144 Å². The van der Waals surface area contributed by atoms with E-state index in [9.17, 15) is 0 Å². The van der Waals surface area contributed by atoms with Gasteiger partial charge in [0.1, 0.15) is 18.2 Å². The zero-order chi connectivity index (χ0) is 28.9. The van der Waals surface area contributed by atoms with Crippen LogP contribution in [-0.4, -0.2) is 4.98 Å². The van der Waals surface area contributed by atoms with Gasteiger partial charge in [-0.2, -0.15) is 4.57 Å². The summed E-state index contributed by atoms with van der Waals surface area (Å²) in [5, 5.41) is 3.44. The minimum absolute atomic E-state index is 0.884. The van der Waals surface area contributed by atoms with Gasteiger partial charge in [-0.3, -0.25) is 0 Å². The van der Waals surface area contributed by atoms with Crippen molar-refractivity contribution in [3.05, 3.63) is 145 Å². The van der Waals surface area contributed by atoms with Crippen molar-refractivity contribution in [3.63, 3.8) is 0 Å². The minimum Gasteiger partial charge on any atom is -0.455 e. The molecule has 43 heavy (non-hydrogen) atoms. The van der Waals surface area contributed by atoms with Crippen LogP contribution in [0.25, 0.3) is 77.7 Å². The summed E-state index contributed by atoms with van der Waals surface area (Å²) in [4.78, 5) is 5.07. The van der Waals surface area contributed by atoms with E-state index >= 15 is 0 Å². The van der Waals surface area contributed by atoms with E-state index in [0.29, 0.717) is 0 Å². The average molecular weight is 554 g/mol. The van der Waals surface area contributed by atoms with E-state index in [4.69, 9.17) is 9.40 Å². The van der Waals surface area contributed by atoms with Crippen molar-refractivity contribution in [2.24, 2.45) is 7.05 Å². The lowest BCUT2D eigenvalue weighted by Crippen LogP contribution is -2.32. The minimum atomic E-state index is 0.884. The molecular formula is C40H29N2O+. The smallest absolute Gasteiger partial charge is 0.216 e. The number of furan rings is 1. The van der Waals surface area contributed by atoms with Crippen LogP contribution in [0.3, 0.4) is 0 Å². The van der Waals surface area contributed by atoms with Gasteiger partial charge in [0.2, 0.25) is 11.2 Å². The molecule has 204 valence electrons. The van der Waals surface area contributed by atoms with E-state index in [1.807, 2.05) is 12.1 Å². The lowest BCUT2D eigenvalue weighted by atomic mass is 9.97. The highest BCUT2D eigenvalue weighted by Gasteiger charge is 2.22. The quantitative estimate of drug-likeness (QED) is 0.203. The number of pyridine rings is 2. The topological polar surface area (TPSA) is 29.9 Å². The third-order valence-corrected chi connectivity index (χ3v) is 8.48. The summed E-state index contributed by atoms with van der Waals surface area (Å²) in [7, 11) is 2.13. The molecule has 0 bridgehead atoms. The summed E-state index contributed by atoms with van der Waals surface area (Å²) in [6, 6.07) is 49.0. The summed E-state index contributed by atoms with van der Waals surface area (Å²) in [6.07, 6.45) is 0. The predicted octanol–water partition coefficient (Wildman–Crippen LogP) is 9.94. The summed E-state index contributed by atoms with van der Waals surface area (Å²) < 4.78 is 8.90. The second-order valence-electron chi connectivity index (χ2n) is 11.1. The number of fused-ring (bicyclic) bond motifs is 4. The number of aromatic nitrogens is 2. The van der Waals surface area contributed by atoms with Crippen molar-refractivity contribution < 1.29 is 8.98 Å². The molecule has 0 aliphatic heterocycles. The van der Waals surface area contributed by atoms with Crippen LogP contribution in [0.2, 0.25) is 0 Å². The number of para-hydroxylation sites is 1. The Hall–Kier alpha value is -5.54. The molecule has 0 amide bonds. The molecule has 5 aromatic carbocycles. The van der Waals surface area contributed by atoms with E-state index in [1.54, 1.807) is 0 Å². The van der Waals surface area contributed by atoms with Gasteiger partial charge in [-0.1, -0.05) is 91.0 Å². The van der Waals surface area contributed by atoms with Crippen LogP contribution >= 0.6 is 0 Å². The van der Waals surface area contributed by atoms with Crippen LogP contribution in [0.5, 0.6) is 0 Å². The highest BCUT2D eigenvalue weighted by atomic mass is 16.3. The molecule has 0 aliphatic carbocycles. The lowest BCUT2D eigenvalue weighted by Gasteiger charge is -2.10. The molecule has 3 nitrogen and oxygen atoms in total. The number of hydrogen-bond acceptors (Lipinski definition) is 2. The van der Waals surface area contributed by atoms with Crippen molar-refractivity contribution in [1.29, 1.82) is 0 Å². The van der Waals surface area contributed by atoms with Crippen molar-refractivity contribution in [2.75, 3.05) is 0 Å².